The highest BCUT2D eigenvalue weighted by atomic mass is 16.6. The van der Waals surface area contributed by atoms with Crippen molar-refractivity contribution in [1.29, 1.82) is 0 Å². The molecule has 0 aromatic heterocycles. The zero-order chi connectivity index (χ0) is 17.3. The Labute approximate surface area is 143 Å². The Balaban J connectivity index is 1.46. The highest BCUT2D eigenvalue weighted by Gasteiger charge is 2.67. The molecule has 0 radical (unpaired) electrons. The van der Waals surface area contributed by atoms with Crippen LogP contribution in [0.2, 0.25) is 0 Å². The SMILES string of the molecule is O=C1[C@@H]2[C@H]3C=C[C@@H]([C@@H]4C[C@@H]34)[C@H]2C(=O)N1/N=C\c1ccccc1[N+](=O)[O-]. The number of nitro groups is 1. The van der Waals surface area contributed by atoms with Crippen LogP contribution >= 0.6 is 0 Å². The van der Waals surface area contributed by atoms with E-state index in [9.17, 15) is 19.7 Å². The van der Waals surface area contributed by atoms with Crippen molar-refractivity contribution >= 4 is 23.7 Å². The molecule has 3 fully saturated rings. The maximum Gasteiger partial charge on any atom is 0.278 e. The predicted molar refractivity (Wildman–Crippen MR) is 87.2 cm³/mol. The molecule has 1 aromatic rings. The molecule has 2 bridgehead atoms. The fourth-order valence-electron chi connectivity index (χ4n) is 4.94. The summed E-state index contributed by atoms with van der Waals surface area (Å²) in [6.45, 7) is 0. The zero-order valence-electron chi connectivity index (χ0n) is 13.2. The van der Waals surface area contributed by atoms with Crippen molar-refractivity contribution in [3.8, 4) is 0 Å². The van der Waals surface area contributed by atoms with E-state index in [1.807, 2.05) is 0 Å². The summed E-state index contributed by atoms with van der Waals surface area (Å²) in [7, 11) is 0. The van der Waals surface area contributed by atoms with Crippen LogP contribution in [0.1, 0.15) is 12.0 Å². The summed E-state index contributed by atoms with van der Waals surface area (Å²) in [4.78, 5) is 36.1. The Morgan fingerprint density at radius 1 is 1.08 bits per heavy atom. The maximum absolute atomic E-state index is 12.8. The molecule has 1 saturated heterocycles. The molecule has 1 heterocycles. The van der Waals surface area contributed by atoms with Crippen LogP contribution in [-0.4, -0.2) is 28.0 Å². The first-order valence-electron chi connectivity index (χ1n) is 8.41. The van der Waals surface area contributed by atoms with Gasteiger partial charge in [-0.25, -0.2) is 0 Å². The first-order valence-corrected chi connectivity index (χ1v) is 8.41. The summed E-state index contributed by atoms with van der Waals surface area (Å²) >= 11 is 0. The lowest BCUT2D eigenvalue weighted by molar-refractivity contribution is -0.385. The van der Waals surface area contributed by atoms with Crippen molar-refractivity contribution in [1.82, 2.24) is 5.01 Å². The average Bonchev–Trinajstić information content (AvgIpc) is 3.39. The second-order valence-electron chi connectivity index (χ2n) is 7.20. The van der Waals surface area contributed by atoms with Gasteiger partial charge >= 0.3 is 0 Å². The third kappa shape index (κ3) is 1.89. The lowest BCUT2D eigenvalue weighted by atomic mass is 9.63. The molecular formula is C18H15N3O4. The van der Waals surface area contributed by atoms with Gasteiger partial charge in [-0.1, -0.05) is 24.3 Å². The summed E-state index contributed by atoms with van der Waals surface area (Å²) in [5, 5.41) is 16.0. The Bertz CT molecular complexity index is 841. The number of rotatable bonds is 3. The van der Waals surface area contributed by atoms with E-state index in [1.165, 1.54) is 12.3 Å². The first kappa shape index (κ1) is 14.5. The van der Waals surface area contributed by atoms with Gasteiger partial charge in [0.25, 0.3) is 17.5 Å². The number of carbonyl (C=O) groups excluding carboxylic acids is 2. The average molecular weight is 337 g/mol. The van der Waals surface area contributed by atoms with E-state index in [1.54, 1.807) is 18.2 Å². The lowest BCUT2D eigenvalue weighted by Crippen LogP contribution is -2.40. The fraction of sp³-hybridized carbons (Fsp3) is 0.389. The van der Waals surface area contributed by atoms with Gasteiger partial charge < -0.3 is 0 Å². The van der Waals surface area contributed by atoms with Gasteiger partial charge in [-0.15, -0.1) is 0 Å². The normalized spacial score (nSPS) is 37.5. The molecule has 0 N–H and O–H groups in total. The molecule has 126 valence electrons. The second-order valence-corrected chi connectivity index (χ2v) is 7.20. The topological polar surface area (TPSA) is 92.9 Å². The van der Waals surface area contributed by atoms with Gasteiger partial charge in [0.1, 0.15) is 0 Å². The van der Waals surface area contributed by atoms with Crippen LogP contribution in [0.25, 0.3) is 0 Å². The number of carbonyl (C=O) groups is 2. The standard InChI is InChI=1S/C18H15N3O4/c22-17-15-10-5-6-11(13-7-12(10)13)16(15)18(23)20(17)19-8-9-3-1-2-4-14(9)21(24)25/h1-6,8,10-13,15-16H,7H2/b19-8-/t10-,11-,12-,13-,15+,16+/m0/s1. The molecule has 5 aliphatic rings. The van der Waals surface area contributed by atoms with Gasteiger partial charge in [0.2, 0.25) is 0 Å². The quantitative estimate of drug-likeness (QED) is 0.277. The Hall–Kier alpha value is -2.83. The molecule has 2 amide bonds. The molecule has 4 aliphatic carbocycles. The molecular weight excluding hydrogens is 322 g/mol. The number of hydrogen-bond donors (Lipinski definition) is 0. The fourth-order valence-corrected chi connectivity index (χ4v) is 4.94. The van der Waals surface area contributed by atoms with E-state index in [2.05, 4.69) is 17.3 Å². The van der Waals surface area contributed by atoms with Crippen LogP contribution in [0.4, 0.5) is 5.69 Å². The number of imide groups is 1. The number of hydrazone groups is 1. The first-order chi connectivity index (χ1) is 12.1. The maximum atomic E-state index is 12.8. The largest absolute Gasteiger partial charge is 0.278 e. The van der Waals surface area contributed by atoms with Gasteiger partial charge in [-0.2, -0.15) is 10.1 Å². The smallest absolute Gasteiger partial charge is 0.272 e. The van der Waals surface area contributed by atoms with Crippen molar-refractivity contribution in [2.24, 2.45) is 40.6 Å². The number of nitro benzene ring substituents is 1. The van der Waals surface area contributed by atoms with Gasteiger partial charge in [0, 0.05) is 6.07 Å². The Morgan fingerprint density at radius 2 is 1.68 bits per heavy atom. The van der Waals surface area contributed by atoms with E-state index in [0.29, 0.717) is 11.8 Å². The molecule has 6 atom stereocenters. The lowest BCUT2D eigenvalue weighted by Gasteiger charge is -2.37. The number of amides is 2. The number of hydrogen-bond acceptors (Lipinski definition) is 5. The van der Waals surface area contributed by atoms with Gasteiger partial charge in [-0.05, 0) is 36.2 Å². The highest BCUT2D eigenvalue weighted by Crippen LogP contribution is 2.65. The van der Waals surface area contributed by atoms with Crippen LogP contribution in [0.3, 0.4) is 0 Å². The molecule has 1 aliphatic heterocycles. The summed E-state index contributed by atoms with van der Waals surface area (Å²) in [5.41, 5.74) is 0.164. The predicted octanol–water partition coefficient (Wildman–Crippen LogP) is 1.98. The Morgan fingerprint density at radius 3 is 2.28 bits per heavy atom. The summed E-state index contributed by atoms with van der Waals surface area (Å²) in [6.07, 6.45) is 6.54. The van der Waals surface area contributed by atoms with Gasteiger partial charge in [0.05, 0.1) is 28.5 Å². The molecule has 7 nitrogen and oxygen atoms in total. The summed E-state index contributed by atoms with van der Waals surface area (Å²) in [6, 6.07) is 6.12. The Kier molecular flexibility index (Phi) is 2.81. The van der Waals surface area contributed by atoms with Crippen molar-refractivity contribution in [3.05, 3.63) is 52.1 Å². The van der Waals surface area contributed by atoms with Gasteiger partial charge in [-0.3, -0.25) is 19.7 Å². The highest BCUT2D eigenvalue weighted by molar-refractivity contribution is 6.06. The van der Waals surface area contributed by atoms with Crippen molar-refractivity contribution in [3.63, 3.8) is 0 Å². The van der Waals surface area contributed by atoms with E-state index in [0.717, 1.165) is 11.4 Å². The number of nitrogens with zero attached hydrogens (tertiary/aromatic N) is 3. The van der Waals surface area contributed by atoms with Crippen LogP contribution < -0.4 is 0 Å². The molecule has 0 unspecified atom stereocenters. The van der Waals surface area contributed by atoms with Crippen LogP contribution in [0.15, 0.2) is 41.5 Å². The molecule has 2 saturated carbocycles. The third-order valence-corrected chi connectivity index (χ3v) is 6.09. The minimum absolute atomic E-state index is 0.106. The monoisotopic (exact) mass is 337 g/mol. The number of para-hydroxylation sites is 1. The third-order valence-electron chi connectivity index (χ3n) is 6.09. The molecule has 6 rings (SSSR count). The second kappa shape index (κ2) is 4.84. The van der Waals surface area contributed by atoms with Crippen LogP contribution in [-0.2, 0) is 9.59 Å². The number of allylic oxidation sites excluding steroid dienone is 2. The van der Waals surface area contributed by atoms with E-state index < -0.39 is 4.92 Å². The summed E-state index contributed by atoms with van der Waals surface area (Å²) < 4.78 is 0. The van der Waals surface area contributed by atoms with E-state index >= 15 is 0 Å². The summed E-state index contributed by atoms with van der Waals surface area (Å²) in [5.74, 6) is 0.192. The van der Waals surface area contributed by atoms with Crippen molar-refractivity contribution in [2.45, 2.75) is 6.42 Å². The minimum Gasteiger partial charge on any atom is -0.272 e. The van der Waals surface area contributed by atoms with Crippen LogP contribution in [0.5, 0.6) is 0 Å². The van der Waals surface area contributed by atoms with Crippen LogP contribution in [0, 0.1) is 45.6 Å². The molecule has 1 aromatic carbocycles. The van der Waals surface area contributed by atoms with Crippen molar-refractivity contribution in [2.75, 3.05) is 0 Å². The zero-order valence-corrected chi connectivity index (χ0v) is 13.2. The van der Waals surface area contributed by atoms with Crippen molar-refractivity contribution < 1.29 is 14.5 Å². The van der Waals surface area contributed by atoms with E-state index in [4.69, 9.17) is 0 Å². The molecule has 7 heteroatoms. The minimum atomic E-state index is -0.508. The van der Waals surface area contributed by atoms with E-state index in [-0.39, 0.29) is 46.7 Å². The number of benzene rings is 1. The van der Waals surface area contributed by atoms with Gasteiger partial charge in [0.15, 0.2) is 0 Å². The molecule has 25 heavy (non-hydrogen) atoms. The molecule has 0 spiro atoms.